The summed E-state index contributed by atoms with van der Waals surface area (Å²) in [7, 11) is 0. The van der Waals surface area contributed by atoms with Crippen molar-refractivity contribution in [3.63, 3.8) is 0 Å². The molecule has 1 atom stereocenters. The molecule has 3 N–H and O–H groups in total. The second kappa shape index (κ2) is 7.29. The number of amides is 1. The van der Waals surface area contributed by atoms with Crippen LogP contribution < -0.4 is 11.1 Å². The van der Waals surface area contributed by atoms with Gasteiger partial charge in [-0.15, -0.1) is 0 Å². The van der Waals surface area contributed by atoms with Crippen molar-refractivity contribution < 1.29 is 4.79 Å². The van der Waals surface area contributed by atoms with Gasteiger partial charge in [-0.2, -0.15) is 11.8 Å². The van der Waals surface area contributed by atoms with E-state index in [2.05, 4.69) is 10.3 Å². The van der Waals surface area contributed by atoms with Crippen LogP contribution in [0, 0.1) is 6.92 Å². The number of pyridine rings is 1. The van der Waals surface area contributed by atoms with Crippen molar-refractivity contribution >= 4 is 17.7 Å². The van der Waals surface area contributed by atoms with Gasteiger partial charge in [0.15, 0.2) is 0 Å². The van der Waals surface area contributed by atoms with Crippen LogP contribution in [0.4, 0.5) is 0 Å². The van der Waals surface area contributed by atoms with Gasteiger partial charge in [-0.3, -0.25) is 9.78 Å². The van der Waals surface area contributed by atoms with Crippen molar-refractivity contribution in [2.75, 3.05) is 12.0 Å². The predicted octanol–water partition coefficient (Wildman–Crippen LogP) is 1.09. The number of carbonyl (C=O) groups is 1. The molecule has 94 valence electrons. The van der Waals surface area contributed by atoms with E-state index in [4.69, 9.17) is 5.73 Å². The van der Waals surface area contributed by atoms with Crippen LogP contribution in [-0.2, 0) is 11.3 Å². The van der Waals surface area contributed by atoms with Crippen LogP contribution in [0.5, 0.6) is 0 Å². The maximum atomic E-state index is 11.7. The summed E-state index contributed by atoms with van der Waals surface area (Å²) < 4.78 is 0. The molecule has 0 aliphatic carbocycles. The first-order valence-electron chi connectivity index (χ1n) is 5.58. The van der Waals surface area contributed by atoms with Crippen molar-refractivity contribution in [2.45, 2.75) is 25.9 Å². The Morgan fingerprint density at radius 1 is 1.65 bits per heavy atom. The van der Waals surface area contributed by atoms with Gasteiger partial charge in [0.25, 0.3) is 0 Å². The quantitative estimate of drug-likeness (QED) is 0.796. The Morgan fingerprint density at radius 3 is 3.06 bits per heavy atom. The second-order valence-corrected chi connectivity index (χ2v) is 4.86. The number of nitrogens with one attached hydrogen (secondary N) is 1. The predicted molar refractivity (Wildman–Crippen MR) is 71.8 cm³/mol. The number of nitrogens with zero attached hydrogens (tertiary/aromatic N) is 1. The third kappa shape index (κ3) is 4.75. The summed E-state index contributed by atoms with van der Waals surface area (Å²) >= 11 is 1.69. The van der Waals surface area contributed by atoms with Crippen LogP contribution in [-0.4, -0.2) is 28.9 Å². The lowest BCUT2D eigenvalue weighted by molar-refractivity contribution is -0.122. The monoisotopic (exact) mass is 253 g/mol. The van der Waals surface area contributed by atoms with Crippen LogP contribution in [0.15, 0.2) is 18.3 Å². The van der Waals surface area contributed by atoms with Gasteiger partial charge in [-0.05, 0) is 37.0 Å². The van der Waals surface area contributed by atoms with Gasteiger partial charge < -0.3 is 11.1 Å². The van der Waals surface area contributed by atoms with Crippen molar-refractivity contribution in [1.82, 2.24) is 10.3 Å². The van der Waals surface area contributed by atoms with Crippen LogP contribution in [0.3, 0.4) is 0 Å². The minimum absolute atomic E-state index is 0.107. The van der Waals surface area contributed by atoms with Gasteiger partial charge in [-0.1, -0.05) is 6.07 Å². The zero-order valence-electron chi connectivity index (χ0n) is 10.3. The highest BCUT2D eigenvalue weighted by Crippen LogP contribution is 2.03. The average Bonchev–Trinajstić information content (AvgIpc) is 2.34. The summed E-state index contributed by atoms with van der Waals surface area (Å²) in [5, 5.41) is 2.81. The highest BCUT2D eigenvalue weighted by Gasteiger charge is 2.12. The Hall–Kier alpha value is -1.07. The Kier molecular flexibility index (Phi) is 6.00. The maximum absolute atomic E-state index is 11.7. The summed E-state index contributed by atoms with van der Waals surface area (Å²) in [6.07, 6.45) is 4.43. The zero-order valence-corrected chi connectivity index (χ0v) is 11.1. The van der Waals surface area contributed by atoms with E-state index in [9.17, 15) is 4.79 Å². The number of nitrogens with two attached hydrogens (primary N) is 1. The summed E-state index contributed by atoms with van der Waals surface area (Å²) in [6, 6.07) is 3.43. The molecule has 1 amide bonds. The van der Waals surface area contributed by atoms with E-state index < -0.39 is 6.04 Å². The second-order valence-electron chi connectivity index (χ2n) is 3.87. The smallest absolute Gasteiger partial charge is 0.237 e. The molecule has 0 radical (unpaired) electrons. The summed E-state index contributed by atoms with van der Waals surface area (Å²) in [6.45, 7) is 2.42. The molecular formula is C12H19N3OS. The molecule has 1 heterocycles. The zero-order chi connectivity index (χ0) is 12.7. The minimum atomic E-state index is -0.425. The van der Waals surface area contributed by atoms with E-state index in [-0.39, 0.29) is 5.91 Å². The SMILES string of the molecule is CSCC[C@@H](N)C(=O)NCc1ncccc1C. The minimum Gasteiger partial charge on any atom is -0.349 e. The highest BCUT2D eigenvalue weighted by molar-refractivity contribution is 7.98. The van der Waals surface area contributed by atoms with Crippen molar-refractivity contribution in [2.24, 2.45) is 5.73 Å². The van der Waals surface area contributed by atoms with Gasteiger partial charge in [0.05, 0.1) is 18.3 Å². The Morgan fingerprint density at radius 2 is 2.41 bits per heavy atom. The Labute approximate surface area is 106 Å². The first-order chi connectivity index (χ1) is 8.15. The normalized spacial score (nSPS) is 12.2. The molecule has 0 fully saturated rings. The topological polar surface area (TPSA) is 68.0 Å². The van der Waals surface area contributed by atoms with Gasteiger partial charge in [0, 0.05) is 6.20 Å². The lowest BCUT2D eigenvalue weighted by atomic mass is 10.2. The fourth-order valence-electron chi connectivity index (χ4n) is 1.38. The van der Waals surface area contributed by atoms with Crippen molar-refractivity contribution in [1.29, 1.82) is 0 Å². The molecular weight excluding hydrogens is 234 g/mol. The third-order valence-corrected chi connectivity index (χ3v) is 3.16. The lowest BCUT2D eigenvalue weighted by Gasteiger charge is -2.12. The summed E-state index contributed by atoms with van der Waals surface area (Å²) in [5.74, 6) is 0.793. The largest absolute Gasteiger partial charge is 0.349 e. The average molecular weight is 253 g/mol. The molecule has 0 saturated carbocycles. The molecule has 17 heavy (non-hydrogen) atoms. The van der Waals surface area contributed by atoms with Gasteiger partial charge in [-0.25, -0.2) is 0 Å². The molecule has 1 rings (SSSR count). The molecule has 1 aromatic rings. The maximum Gasteiger partial charge on any atom is 0.237 e. The standard InChI is InChI=1S/C12H19N3OS/c1-9-4-3-6-14-11(9)8-15-12(16)10(13)5-7-17-2/h3-4,6,10H,5,7-8,13H2,1-2H3,(H,15,16)/t10-/m1/s1. The molecule has 0 bridgehead atoms. The molecule has 1 aromatic heterocycles. The van der Waals surface area contributed by atoms with E-state index in [1.54, 1.807) is 18.0 Å². The number of hydrogen-bond acceptors (Lipinski definition) is 4. The van der Waals surface area contributed by atoms with Crippen LogP contribution in [0.2, 0.25) is 0 Å². The Bertz CT molecular complexity index is 371. The lowest BCUT2D eigenvalue weighted by Crippen LogP contribution is -2.40. The number of rotatable bonds is 6. The highest BCUT2D eigenvalue weighted by atomic mass is 32.2. The van der Waals surface area contributed by atoms with E-state index in [1.165, 1.54) is 0 Å². The van der Waals surface area contributed by atoms with Crippen molar-refractivity contribution in [3.8, 4) is 0 Å². The fraction of sp³-hybridized carbons (Fsp3) is 0.500. The van der Waals surface area contributed by atoms with E-state index in [0.29, 0.717) is 13.0 Å². The first kappa shape index (κ1) is 14.0. The number of aryl methyl sites for hydroxylation is 1. The molecule has 5 heteroatoms. The molecule has 0 unspecified atom stereocenters. The molecule has 0 aliphatic rings. The van der Waals surface area contributed by atoms with E-state index >= 15 is 0 Å². The van der Waals surface area contributed by atoms with Gasteiger partial charge >= 0.3 is 0 Å². The number of carbonyl (C=O) groups excluding carboxylic acids is 1. The van der Waals surface area contributed by atoms with E-state index in [1.807, 2.05) is 25.3 Å². The molecule has 0 saturated heterocycles. The molecule has 4 nitrogen and oxygen atoms in total. The number of aromatic nitrogens is 1. The molecule has 0 spiro atoms. The van der Waals surface area contributed by atoms with Gasteiger partial charge in [0.2, 0.25) is 5.91 Å². The van der Waals surface area contributed by atoms with E-state index in [0.717, 1.165) is 17.0 Å². The number of thioether (sulfide) groups is 1. The molecule has 0 aromatic carbocycles. The van der Waals surface area contributed by atoms with Crippen LogP contribution in [0.1, 0.15) is 17.7 Å². The van der Waals surface area contributed by atoms with Crippen molar-refractivity contribution in [3.05, 3.63) is 29.6 Å². The van der Waals surface area contributed by atoms with Gasteiger partial charge in [0.1, 0.15) is 0 Å². The third-order valence-electron chi connectivity index (χ3n) is 2.52. The Balaban J connectivity index is 2.40. The molecule has 0 aliphatic heterocycles. The summed E-state index contributed by atoms with van der Waals surface area (Å²) in [4.78, 5) is 15.9. The number of hydrogen-bond donors (Lipinski definition) is 2. The summed E-state index contributed by atoms with van der Waals surface area (Å²) in [5.41, 5.74) is 7.72. The first-order valence-corrected chi connectivity index (χ1v) is 6.97. The van der Waals surface area contributed by atoms with Crippen LogP contribution >= 0.6 is 11.8 Å². The van der Waals surface area contributed by atoms with Crippen LogP contribution in [0.25, 0.3) is 0 Å². The fourth-order valence-corrected chi connectivity index (χ4v) is 1.87.